The molecule has 0 radical (unpaired) electrons. The molecular formula is C21H29N3O2. The van der Waals surface area contributed by atoms with Crippen LogP contribution in [0.5, 0.6) is 5.75 Å². The number of ether oxygens (including phenoxy) is 1. The minimum absolute atomic E-state index is 0.116. The Kier molecular flexibility index (Phi) is 7.93. The first kappa shape index (κ1) is 19.8. The standard InChI is InChI=1S/C21H29N3O2/c1-4-6-7-8-9-13-26-19-12-10-11-17(14-19)16-22-21(25)20-15-18(5-2)23-24(20)3/h4,6,10-12,14-15H,5,7-9,13,16H2,1-3H3,(H,22,25). The second-order valence-corrected chi connectivity index (χ2v) is 6.24. The van der Waals surface area contributed by atoms with Crippen molar-refractivity contribution in [3.05, 3.63) is 59.4 Å². The Hall–Kier alpha value is -2.56. The summed E-state index contributed by atoms with van der Waals surface area (Å²) in [6, 6.07) is 9.71. The van der Waals surface area contributed by atoms with Gasteiger partial charge in [-0.25, -0.2) is 0 Å². The van der Waals surface area contributed by atoms with Gasteiger partial charge in [-0.3, -0.25) is 9.48 Å². The van der Waals surface area contributed by atoms with E-state index in [0.29, 0.717) is 18.8 Å². The molecular weight excluding hydrogens is 326 g/mol. The van der Waals surface area contributed by atoms with E-state index < -0.39 is 0 Å². The normalized spacial score (nSPS) is 11.0. The maximum absolute atomic E-state index is 12.3. The number of carbonyl (C=O) groups is 1. The summed E-state index contributed by atoms with van der Waals surface area (Å²) >= 11 is 0. The van der Waals surface area contributed by atoms with E-state index >= 15 is 0 Å². The average molecular weight is 355 g/mol. The lowest BCUT2D eigenvalue weighted by Crippen LogP contribution is -2.25. The molecule has 0 unspecified atom stereocenters. The molecule has 1 heterocycles. The van der Waals surface area contributed by atoms with E-state index in [1.165, 1.54) is 0 Å². The highest BCUT2D eigenvalue weighted by Crippen LogP contribution is 2.14. The predicted octanol–water partition coefficient (Wildman–Crippen LogP) is 4.04. The molecule has 0 bridgehead atoms. The third kappa shape index (κ3) is 6.06. The van der Waals surface area contributed by atoms with Crippen LogP contribution in [0.3, 0.4) is 0 Å². The molecule has 5 heteroatoms. The van der Waals surface area contributed by atoms with Crippen LogP contribution in [0.15, 0.2) is 42.5 Å². The second-order valence-electron chi connectivity index (χ2n) is 6.24. The van der Waals surface area contributed by atoms with Gasteiger partial charge in [0.2, 0.25) is 0 Å². The van der Waals surface area contributed by atoms with Gasteiger partial charge in [-0.15, -0.1) is 0 Å². The lowest BCUT2D eigenvalue weighted by atomic mass is 10.2. The Labute approximate surface area is 156 Å². The van der Waals surface area contributed by atoms with Gasteiger partial charge < -0.3 is 10.1 Å². The summed E-state index contributed by atoms with van der Waals surface area (Å²) in [7, 11) is 1.79. The summed E-state index contributed by atoms with van der Waals surface area (Å²) in [6.45, 7) is 5.24. The summed E-state index contributed by atoms with van der Waals surface area (Å²) in [5, 5.41) is 7.26. The van der Waals surface area contributed by atoms with Crippen LogP contribution in [0.25, 0.3) is 0 Å². The zero-order valence-electron chi connectivity index (χ0n) is 16.0. The van der Waals surface area contributed by atoms with E-state index in [0.717, 1.165) is 42.7 Å². The van der Waals surface area contributed by atoms with E-state index in [-0.39, 0.29) is 5.91 Å². The third-order valence-corrected chi connectivity index (χ3v) is 4.15. The molecule has 0 saturated carbocycles. The summed E-state index contributed by atoms with van der Waals surface area (Å²) in [6.07, 6.45) is 8.33. The number of carbonyl (C=O) groups excluding carboxylic acids is 1. The Morgan fingerprint density at radius 3 is 2.88 bits per heavy atom. The zero-order chi connectivity index (χ0) is 18.8. The number of nitrogens with zero attached hydrogens (tertiary/aromatic N) is 2. The number of amides is 1. The van der Waals surface area contributed by atoms with E-state index in [2.05, 4.69) is 22.6 Å². The first-order valence-electron chi connectivity index (χ1n) is 9.28. The maximum Gasteiger partial charge on any atom is 0.269 e. The van der Waals surface area contributed by atoms with Crippen LogP contribution in [-0.4, -0.2) is 22.3 Å². The van der Waals surface area contributed by atoms with Crippen LogP contribution >= 0.6 is 0 Å². The van der Waals surface area contributed by atoms with Crippen LogP contribution in [0.2, 0.25) is 0 Å². The number of benzene rings is 1. The molecule has 0 aliphatic carbocycles. The quantitative estimate of drug-likeness (QED) is 0.517. The number of hydrogen-bond donors (Lipinski definition) is 1. The van der Waals surface area contributed by atoms with Crippen molar-refractivity contribution in [2.24, 2.45) is 7.05 Å². The highest BCUT2D eigenvalue weighted by molar-refractivity contribution is 5.92. The molecule has 0 aliphatic heterocycles. The van der Waals surface area contributed by atoms with Crippen molar-refractivity contribution < 1.29 is 9.53 Å². The Morgan fingerprint density at radius 2 is 2.15 bits per heavy atom. The van der Waals surface area contributed by atoms with Crippen molar-refractivity contribution in [1.29, 1.82) is 0 Å². The fourth-order valence-electron chi connectivity index (χ4n) is 2.65. The zero-order valence-corrected chi connectivity index (χ0v) is 16.0. The van der Waals surface area contributed by atoms with Crippen molar-refractivity contribution in [1.82, 2.24) is 15.1 Å². The van der Waals surface area contributed by atoms with Gasteiger partial charge in [0.15, 0.2) is 0 Å². The van der Waals surface area contributed by atoms with Gasteiger partial charge in [0.25, 0.3) is 5.91 Å². The first-order valence-corrected chi connectivity index (χ1v) is 9.28. The highest BCUT2D eigenvalue weighted by atomic mass is 16.5. The highest BCUT2D eigenvalue weighted by Gasteiger charge is 2.12. The first-order chi connectivity index (χ1) is 12.6. The number of hydrogen-bond acceptors (Lipinski definition) is 3. The minimum atomic E-state index is -0.116. The van der Waals surface area contributed by atoms with Crippen molar-refractivity contribution >= 4 is 5.91 Å². The van der Waals surface area contributed by atoms with E-state index in [4.69, 9.17) is 4.74 Å². The average Bonchev–Trinajstić information content (AvgIpc) is 3.04. The van der Waals surface area contributed by atoms with Gasteiger partial charge in [0, 0.05) is 13.6 Å². The summed E-state index contributed by atoms with van der Waals surface area (Å²) in [5.41, 5.74) is 2.51. The molecule has 0 fully saturated rings. The van der Waals surface area contributed by atoms with Gasteiger partial charge in [0.1, 0.15) is 11.4 Å². The molecule has 2 rings (SSSR count). The Balaban J connectivity index is 1.82. The second kappa shape index (κ2) is 10.4. The fourth-order valence-corrected chi connectivity index (χ4v) is 2.65. The van der Waals surface area contributed by atoms with Gasteiger partial charge >= 0.3 is 0 Å². The SMILES string of the molecule is CC=CCCCCOc1cccc(CNC(=O)c2cc(CC)nn2C)c1. The van der Waals surface area contributed by atoms with Gasteiger partial charge in [-0.2, -0.15) is 5.10 Å². The number of aryl methyl sites for hydroxylation is 2. The smallest absolute Gasteiger partial charge is 0.269 e. The fraction of sp³-hybridized carbons (Fsp3) is 0.429. The molecule has 0 aliphatic rings. The molecule has 1 amide bonds. The molecule has 1 N–H and O–H groups in total. The van der Waals surface area contributed by atoms with Crippen molar-refractivity contribution in [2.75, 3.05) is 6.61 Å². The number of nitrogens with one attached hydrogen (secondary N) is 1. The van der Waals surface area contributed by atoms with E-state index in [1.54, 1.807) is 11.7 Å². The molecule has 1 aromatic heterocycles. The number of allylic oxidation sites excluding steroid dienone is 2. The van der Waals surface area contributed by atoms with Crippen LogP contribution < -0.4 is 10.1 Å². The van der Waals surface area contributed by atoms with E-state index in [1.807, 2.05) is 44.2 Å². The number of rotatable bonds is 10. The van der Waals surface area contributed by atoms with Gasteiger partial charge in [-0.05, 0) is 56.4 Å². The summed E-state index contributed by atoms with van der Waals surface area (Å²) < 4.78 is 7.43. The topological polar surface area (TPSA) is 56.1 Å². The van der Waals surface area contributed by atoms with Gasteiger partial charge in [-0.1, -0.05) is 31.2 Å². The predicted molar refractivity (Wildman–Crippen MR) is 104 cm³/mol. The molecule has 0 saturated heterocycles. The van der Waals surface area contributed by atoms with Crippen molar-refractivity contribution in [3.8, 4) is 5.75 Å². The summed E-state index contributed by atoms with van der Waals surface area (Å²) in [5.74, 6) is 0.728. The Bertz CT molecular complexity index is 735. The largest absolute Gasteiger partial charge is 0.494 e. The van der Waals surface area contributed by atoms with Crippen molar-refractivity contribution in [3.63, 3.8) is 0 Å². The molecule has 1 aromatic carbocycles. The maximum atomic E-state index is 12.3. The van der Waals surface area contributed by atoms with Gasteiger partial charge in [0.05, 0.1) is 12.3 Å². The molecule has 0 spiro atoms. The minimum Gasteiger partial charge on any atom is -0.494 e. The van der Waals surface area contributed by atoms with Crippen molar-refractivity contribution in [2.45, 2.75) is 46.1 Å². The van der Waals surface area contributed by atoms with E-state index in [9.17, 15) is 4.79 Å². The van der Waals surface area contributed by atoms with Crippen LogP contribution in [0.1, 0.15) is 54.9 Å². The summed E-state index contributed by atoms with van der Waals surface area (Å²) in [4.78, 5) is 12.3. The third-order valence-electron chi connectivity index (χ3n) is 4.15. The Morgan fingerprint density at radius 1 is 1.31 bits per heavy atom. The molecule has 0 atom stereocenters. The van der Waals surface area contributed by atoms with Crippen LogP contribution in [0.4, 0.5) is 0 Å². The molecule has 2 aromatic rings. The molecule has 5 nitrogen and oxygen atoms in total. The lowest BCUT2D eigenvalue weighted by Gasteiger charge is -2.09. The lowest BCUT2D eigenvalue weighted by molar-refractivity contribution is 0.0941. The number of aromatic nitrogens is 2. The number of unbranched alkanes of at least 4 members (excludes halogenated alkanes) is 2. The molecule has 140 valence electrons. The molecule has 26 heavy (non-hydrogen) atoms. The monoisotopic (exact) mass is 355 g/mol. The van der Waals surface area contributed by atoms with Crippen LogP contribution in [-0.2, 0) is 20.0 Å². The van der Waals surface area contributed by atoms with Crippen LogP contribution in [0, 0.1) is 0 Å².